The van der Waals surface area contributed by atoms with Gasteiger partial charge in [-0.1, -0.05) is 43.4 Å². The molecule has 1 aliphatic heterocycles. The second kappa shape index (κ2) is 10.9. The number of aromatic nitrogens is 3. The third-order valence-corrected chi connectivity index (χ3v) is 11.4. The van der Waals surface area contributed by atoms with Crippen molar-refractivity contribution in [3.05, 3.63) is 58.7 Å². The number of nitrogens with zero attached hydrogens (tertiary/aromatic N) is 5. The highest BCUT2D eigenvalue weighted by Gasteiger charge is 2.35. The molecule has 1 saturated heterocycles. The van der Waals surface area contributed by atoms with Gasteiger partial charge in [-0.05, 0) is 61.7 Å². The molecule has 0 bridgehead atoms. The van der Waals surface area contributed by atoms with E-state index in [-0.39, 0.29) is 11.8 Å². The smallest absolute Gasteiger partial charge is 0.252 e. The molecule has 11 heteroatoms. The van der Waals surface area contributed by atoms with E-state index < -0.39 is 10.0 Å². The van der Waals surface area contributed by atoms with Crippen molar-refractivity contribution < 1.29 is 13.2 Å². The number of sulfonamides is 1. The SMILES string of the molecule is Cc1cc(C)n(CCN(C(=O)C2CCN(S(=O)(=O)c3cccs3)CC2)c2nc3c(C(C)C)cccc3s2)n1. The number of para-hydroxylation sites is 1. The van der Waals surface area contributed by atoms with Gasteiger partial charge in [-0.15, -0.1) is 11.3 Å². The second-order valence-corrected chi connectivity index (χ2v) is 14.2. The van der Waals surface area contributed by atoms with Crippen LogP contribution in [0, 0.1) is 19.8 Å². The fourth-order valence-electron chi connectivity index (χ4n) is 5.04. The van der Waals surface area contributed by atoms with Gasteiger partial charge in [0.1, 0.15) is 4.21 Å². The van der Waals surface area contributed by atoms with Crippen molar-refractivity contribution in [2.45, 2.75) is 57.2 Å². The van der Waals surface area contributed by atoms with Crippen LogP contribution in [0.15, 0.2) is 46.0 Å². The van der Waals surface area contributed by atoms with Crippen molar-refractivity contribution in [2.75, 3.05) is 24.5 Å². The van der Waals surface area contributed by atoms with Crippen molar-refractivity contribution in [1.29, 1.82) is 0 Å². The lowest BCUT2D eigenvalue weighted by Gasteiger charge is -2.32. The number of anilines is 1. The molecule has 0 spiro atoms. The van der Waals surface area contributed by atoms with Crippen molar-refractivity contribution in [3.63, 3.8) is 0 Å². The average molecular weight is 572 g/mol. The van der Waals surface area contributed by atoms with Crippen LogP contribution in [-0.2, 0) is 21.4 Å². The minimum absolute atomic E-state index is 0.00450. The van der Waals surface area contributed by atoms with Crippen LogP contribution in [0.25, 0.3) is 10.2 Å². The Kier molecular flexibility index (Phi) is 7.72. The number of hydrogen-bond donors (Lipinski definition) is 0. The lowest BCUT2D eigenvalue weighted by molar-refractivity contribution is -0.123. The first-order valence-electron chi connectivity index (χ1n) is 12.9. The van der Waals surface area contributed by atoms with Gasteiger partial charge in [0.05, 0.1) is 22.5 Å². The Morgan fingerprint density at radius 3 is 2.55 bits per heavy atom. The predicted octanol–water partition coefficient (Wildman–Crippen LogP) is 5.43. The monoisotopic (exact) mass is 571 g/mol. The summed E-state index contributed by atoms with van der Waals surface area (Å²) in [5.74, 6) is 0.0637. The molecule has 1 aromatic carbocycles. The Hall–Kier alpha value is -2.60. The van der Waals surface area contributed by atoms with Gasteiger partial charge in [0.25, 0.3) is 10.0 Å². The zero-order chi connectivity index (χ0) is 27.0. The molecule has 1 fully saturated rings. The first-order valence-corrected chi connectivity index (χ1v) is 16.0. The molecule has 0 aliphatic carbocycles. The van der Waals surface area contributed by atoms with Gasteiger partial charge in [0, 0.05) is 31.2 Å². The number of piperidine rings is 1. The van der Waals surface area contributed by atoms with E-state index in [0.29, 0.717) is 54.3 Å². The third-order valence-electron chi connectivity index (χ3n) is 7.09. The lowest BCUT2D eigenvalue weighted by Crippen LogP contribution is -2.45. The van der Waals surface area contributed by atoms with Crippen LogP contribution in [0.4, 0.5) is 5.13 Å². The van der Waals surface area contributed by atoms with E-state index in [1.54, 1.807) is 22.4 Å². The van der Waals surface area contributed by atoms with E-state index in [1.165, 1.54) is 32.5 Å². The summed E-state index contributed by atoms with van der Waals surface area (Å²) in [4.78, 5) is 20.8. The number of aryl methyl sites for hydroxylation is 2. The number of rotatable bonds is 8. The summed E-state index contributed by atoms with van der Waals surface area (Å²) in [5.41, 5.74) is 4.11. The van der Waals surface area contributed by atoms with E-state index in [2.05, 4.69) is 31.1 Å². The van der Waals surface area contributed by atoms with E-state index in [4.69, 9.17) is 4.98 Å². The quantitative estimate of drug-likeness (QED) is 0.281. The van der Waals surface area contributed by atoms with Gasteiger partial charge in [-0.25, -0.2) is 13.4 Å². The molecule has 0 N–H and O–H groups in total. The fourth-order valence-corrected chi connectivity index (χ4v) is 8.68. The summed E-state index contributed by atoms with van der Waals surface area (Å²) in [7, 11) is -3.51. The first-order chi connectivity index (χ1) is 18.1. The topological polar surface area (TPSA) is 88.4 Å². The molecule has 202 valence electrons. The molecule has 38 heavy (non-hydrogen) atoms. The highest BCUT2D eigenvalue weighted by molar-refractivity contribution is 7.91. The van der Waals surface area contributed by atoms with Gasteiger partial charge >= 0.3 is 0 Å². The molecule has 5 rings (SSSR count). The molecule has 0 radical (unpaired) electrons. The summed E-state index contributed by atoms with van der Waals surface area (Å²) in [6.07, 6.45) is 0.976. The molecule has 0 saturated carbocycles. The van der Waals surface area contributed by atoms with Crippen molar-refractivity contribution >= 4 is 54.0 Å². The highest BCUT2D eigenvalue weighted by Crippen LogP contribution is 2.35. The number of benzene rings is 1. The number of amides is 1. The zero-order valence-electron chi connectivity index (χ0n) is 22.1. The highest BCUT2D eigenvalue weighted by atomic mass is 32.2. The van der Waals surface area contributed by atoms with Gasteiger partial charge in [-0.2, -0.15) is 9.40 Å². The minimum Gasteiger partial charge on any atom is -0.286 e. The van der Waals surface area contributed by atoms with Crippen molar-refractivity contribution in [3.8, 4) is 0 Å². The van der Waals surface area contributed by atoms with E-state index >= 15 is 0 Å². The van der Waals surface area contributed by atoms with Crippen LogP contribution in [0.2, 0.25) is 0 Å². The van der Waals surface area contributed by atoms with Gasteiger partial charge < -0.3 is 0 Å². The minimum atomic E-state index is -3.51. The Balaban J connectivity index is 1.40. The van der Waals surface area contributed by atoms with Crippen LogP contribution in [0.5, 0.6) is 0 Å². The van der Waals surface area contributed by atoms with Gasteiger partial charge in [-0.3, -0.25) is 14.4 Å². The van der Waals surface area contributed by atoms with Crippen LogP contribution in [0.3, 0.4) is 0 Å². The number of thiophene rings is 1. The summed E-state index contributed by atoms with van der Waals surface area (Å²) in [6.45, 7) is 9.96. The molecule has 0 atom stereocenters. The van der Waals surface area contributed by atoms with Crippen LogP contribution >= 0.6 is 22.7 Å². The number of thiazole rings is 1. The van der Waals surface area contributed by atoms with Crippen LogP contribution in [-0.4, -0.2) is 53.0 Å². The summed E-state index contributed by atoms with van der Waals surface area (Å²) in [5, 5.41) is 7.04. The molecule has 1 amide bonds. The fraction of sp³-hybridized carbons (Fsp3) is 0.444. The van der Waals surface area contributed by atoms with E-state index in [9.17, 15) is 13.2 Å². The number of carbonyl (C=O) groups excluding carboxylic acids is 1. The molecule has 8 nitrogen and oxygen atoms in total. The largest absolute Gasteiger partial charge is 0.286 e. The first kappa shape index (κ1) is 27.0. The molecule has 0 unspecified atom stereocenters. The number of hydrogen-bond acceptors (Lipinski definition) is 7. The number of carbonyl (C=O) groups is 1. The van der Waals surface area contributed by atoms with Crippen LogP contribution < -0.4 is 4.90 Å². The Bertz CT molecular complexity index is 1530. The molecule has 4 heterocycles. The summed E-state index contributed by atoms with van der Waals surface area (Å²) < 4.78 is 30.8. The van der Waals surface area contributed by atoms with E-state index in [0.717, 1.165) is 21.6 Å². The maximum atomic E-state index is 14.0. The standard InChI is InChI=1S/C27H33N5O3S3/c1-18(2)22-7-5-8-23-25(22)28-27(37-23)31(14-15-32-20(4)17-19(3)29-32)26(33)21-10-12-30(13-11-21)38(34,35)24-9-6-16-36-24/h5-9,16-18,21H,10-15H2,1-4H3. The van der Waals surface area contributed by atoms with Crippen molar-refractivity contribution in [2.24, 2.45) is 5.92 Å². The Morgan fingerprint density at radius 1 is 1.16 bits per heavy atom. The molecule has 3 aromatic heterocycles. The Labute approximate surface area is 232 Å². The molecule has 1 aliphatic rings. The normalized spacial score (nSPS) is 15.5. The van der Waals surface area contributed by atoms with Gasteiger partial charge in [0.2, 0.25) is 5.91 Å². The second-order valence-electron chi connectivity index (χ2n) is 10.1. The van der Waals surface area contributed by atoms with Crippen LogP contribution in [0.1, 0.15) is 49.6 Å². The third kappa shape index (κ3) is 5.29. The average Bonchev–Trinajstić information content (AvgIpc) is 3.64. The molecular formula is C27H33N5O3S3. The molecule has 4 aromatic rings. The maximum Gasteiger partial charge on any atom is 0.252 e. The number of fused-ring (bicyclic) bond motifs is 1. The van der Waals surface area contributed by atoms with Gasteiger partial charge in [0.15, 0.2) is 5.13 Å². The van der Waals surface area contributed by atoms with E-state index in [1.807, 2.05) is 30.7 Å². The molecular weight excluding hydrogens is 539 g/mol. The summed E-state index contributed by atoms with van der Waals surface area (Å²) >= 11 is 2.76. The summed E-state index contributed by atoms with van der Waals surface area (Å²) in [6, 6.07) is 11.6. The van der Waals surface area contributed by atoms with Crippen molar-refractivity contribution in [1.82, 2.24) is 19.1 Å². The lowest BCUT2D eigenvalue weighted by atomic mass is 9.96. The predicted molar refractivity (Wildman–Crippen MR) is 154 cm³/mol. The Morgan fingerprint density at radius 2 is 1.92 bits per heavy atom. The maximum absolute atomic E-state index is 14.0. The zero-order valence-corrected chi connectivity index (χ0v) is 24.6.